The number of hydrogen-bond donors (Lipinski definition) is 3. The fraction of sp³-hybridized carbons (Fsp3) is 0.250. The van der Waals surface area contributed by atoms with Gasteiger partial charge in [-0.25, -0.2) is 13.2 Å². The Balaban J connectivity index is 1.72. The van der Waals surface area contributed by atoms with Gasteiger partial charge in [0.15, 0.2) is 5.11 Å². The highest BCUT2D eigenvalue weighted by Gasteiger charge is 2.19. The molecule has 3 N–H and O–H groups in total. The summed E-state index contributed by atoms with van der Waals surface area (Å²) in [6.07, 6.45) is 0.780. The van der Waals surface area contributed by atoms with Gasteiger partial charge in [0.1, 0.15) is 5.00 Å². The largest absolute Gasteiger partial charge is 0.465 e. The second-order valence-electron chi connectivity index (χ2n) is 7.78. The van der Waals surface area contributed by atoms with Crippen molar-refractivity contribution in [2.45, 2.75) is 39.0 Å². The number of benzene rings is 2. The van der Waals surface area contributed by atoms with Crippen molar-refractivity contribution >= 4 is 61.0 Å². The molecule has 0 fully saturated rings. The summed E-state index contributed by atoms with van der Waals surface area (Å²) in [6, 6.07) is 11.9. The van der Waals surface area contributed by atoms with Crippen molar-refractivity contribution in [3.63, 3.8) is 0 Å². The van der Waals surface area contributed by atoms with E-state index in [1.807, 2.05) is 39.8 Å². The molecule has 0 aliphatic carbocycles. The monoisotopic (exact) mass is 517 g/mol. The number of rotatable bonds is 7. The Labute approximate surface area is 209 Å². The molecule has 0 aliphatic heterocycles. The van der Waals surface area contributed by atoms with E-state index in [1.165, 1.54) is 30.6 Å². The molecule has 0 radical (unpaired) electrons. The number of methoxy groups -OCH3 is 1. The molecular formula is C24H27N3O4S3. The Kier molecular flexibility index (Phi) is 7.96. The Hall–Kier alpha value is -2.95. The molecule has 7 nitrogen and oxygen atoms in total. The molecule has 0 aliphatic rings. The lowest BCUT2D eigenvalue weighted by Gasteiger charge is -2.15. The highest BCUT2D eigenvalue weighted by atomic mass is 32.2. The van der Waals surface area contributed by atoms with E-state index in [0.717, 1.165) is 28.0 Å². The van der Waals surface area contributed by atoms with Gasteiger partial charge >= 0.3 is 5.97 Å². The van der Waals surface area contributed by atoms with E-state index in [9.17, 15) is 13.2 Å². The van der Waals surface area contributed by atoms with E-state index < -0.39 is 16.0 Å². The molecule has 180 valence electrons. The van der Waals surface area contributed by atoms with Crippen molar-refractivity contribution in [3.8, 4) is 0 Å². The molecule has 3 aromatic rings. The molecule has 34 heavy (non-hydrogen) atoms. The van der Waals surface area contributed by atoms with E-state index >= 15 is 0 Å². The number of hydrogen-bond acceptors (Lipinski definition) is 6. The molecule has 0 unspecified atom stereocenters. The van der Waals surface area contributed by atoms with E-state index in [4.69, 9.17) is 17.0 Å². The molecule has 2 aromatic carbocycles. The molecule has 1 heterocycles. The van der Waals surface area contributed by atoms with Gasteiger partial charge in [-0.3, -0.25) is 4.72 Å². The van der Waals surface area contributed by atoms with E-state index in [-0.39, 0.29) is 10.0 Å². The second kappa shape index (κ2) is 10.5. The number of esters is 1. The van der Waals surface area contributed by atoms with Crippen LogP contribution in [-0.4, -0.2) is 26.6 Å². The van der Waals surface area contributed by atoms with Crippen molar-refractivity contribution in [2.24, 2.45) is 0 Å². The predicted molar refractivity (Wildman–Crippen MR) is 143 cm³/mol. The molecule has 0 spiro atoms. The smallest absolute Gasteiger partial charge is 0.340 e. The summed E-state index contributed by atoms with van der Waals surface area (Å²) in [7, 11) is -2.43. The van der Waals surface area contributed by atoms with Crippen molar-refractivity contribution in [3.05, 3.63) is 69.6 Å². The third-order valence-corrected chi connectivity index (χ3v) is 7.86. The number of ether oxygens (including phenoxy) is 1. The average Bonchev–Trinajstić information content (AvgIpc) is 3.18. The van der Waals surface area contributed by atoms with Crippen LogP contribution in [0, 0.1) is 20.8 Å². The first-order chi connectivity index (χ1) is 16.0. The number of carbonyl (C=O) groups is 1. The summed E-state index contributed by atoms with van der Waals surface area (Å²) < 4.78 is 33.4. The van der Waals surface area contributed by atoms with Gasteiger partial charge in [0.2, 0.25) is 0 Å². The highest BCUT2D eigenvalue weighted by molar-refractivity contribution is 7.92. The molecule has 0 atom stereocenters. The van der Waals surface area contributed by atoms with Crippen LogP contribution in [0.25, 0.3) is 0 Å². The zero-order valence-corrected chi connectivity index (χ0v) is 22.1. The summed E-state index contributed by atoms with van der Waals surface area (Å²) in [4.78, 5) is 13.2. The topological polar surface area (TPSA) is 96.5 Å². The van der Waals surface area contributed by atoms with Crippen LogP contribution in [0.3, 0.4) is 0 Å². The third-order valence-electron chi connectivity index (χ3n) is 5.10. The Morgan fingerprint density at radius 2 is 1.65 bits per heavy atom. The number of aryl methyl sites for hydroxylation is 4. The number of thiophene rings is 1. The number of carbonyl (C=O) groups excluding carboxylic acids is 1. The van der Waals surface area contributed by atoms with Crippen LogP contribution in [0.5, 0.6) is 0 Å². The number of sulfonamides is 1. The first kappa shape index (κ1) is 25.7. The van der Waals surface area contributed by atoms with Crippen molar-refractivity contribution in [1.29, 1.82) is 0 Å². The van der Waals surface area contributed by atoms with Crippen molar-refractivity contribution in [2.75, 3.05) is 22.5 Å². The normalized spacial score (nSPS) is 11.1. The highest BCUT2D eigenvalue weighted by Crippen LogP contribution is 2.30. The number of nitrogens with one attached hydrogen (secondary N) is 3. The summed E-state index contributed by atoms with van der Waals surface area (Å²) >= 11 is 6.80. The minimum atomic E-state index is -3.76. The second-order valence-corrected chi connectivity index (χ2v) is 11.0. The third kappa shape index (κ3) is 5.94. The molecule has 1 aromatic heterocycles. The summed E-state index contributed by atoms with van der Waals surface area (Å²) in [5.74, 6) is -0.442. The molecule has 0 amide bonds. The van der Waals surface area contributed by atoms with Gasteiger partial charge in [0.05, 0.1) is 23.3 Å². The number of anilines is 3. The fourth-order valence-corrected chi connectivity index (χ4v) is 5.96. The molecule has 3 rings (SSSR count). The molecule has 10 heteroatoms. The van der Waals surface area contributed by atoms with Crippen LogP contribution in [-0.2, 0) is 21.2 Å². The lowest BCUT2D eigenvalue weighted by molar-refractivity contribution is 0.0602. The molecule has 0 saturated carbocycles. The number of thiocarbonyl (C=S) groups is 1. The van der Waals surface area contributed by atoms with Crippen LogP contribution in [0.2, 0.25) is 0 Å². The summed E-state index contributed by atoms with van der Waals surface area (Å²) in [6.45, 7) is 7.73. The average molecular weight is 518 g/mol. The summed E-state index contributed by atoms with van der Waals surface area (Å²) in [5.41, 5.74) is 4.41. The van der Waals surface area contributed by atoms with Gasteiger partial charge in [0, 0.05) is 10.6 Å². The Bertz CT molecular complexity index is 1310. The predicted octanol–water partition coefficient (Wildman–Crippen LogP) is 5.63. The minimum absolute atomic E-state index is 0.134. The van der Waals surface area contributed by atoms with Gasteiger partial charge < -0.3 is 15.4 Å². The minimum Gasteiger partial charge on any atom is -0.465 e. The SMILES string of the molecule is CCc1cc(C(=O)OC)c(NC(=S)Nc2ccc(S(=O)(=O)Nc3c(C)cc(C)cc3C)cc2)s1. The van der Waals surface area contributed by atoms with Crippen LogP contribution < -0.4 is 15.4 Å². The van der Waals surface area contributed by atoms with Gasteiger partial charge in [-0.15, -0.1) is 11.3 Å². The van der Waals surface area contributed by atoms with Gasteiger partial charge in [-0.1, -0.05) is 24.6 Å². The van der Waals surface area contributed by atoms with E-state index in [2.05, 4.69) is 15.4 Å². The van der Waals surface area contributed by atoms with Gasteiger partial charge in [-0.05, 0) is 80.9 Å². The summed E-state index contributed by atoms with van der Waals surface area (Å²) in [5, 5.41) is 6.91. The first-order valence-electron chi connectivity index (χ1n) is 10.5. The molecule has 0 bridgehead atoms. The van der Waals surface area contributed by atoms with E-state index in [0.29, 0.717) is 21.9 Å². The van der Waals surface area contributed by atoms with Gasteiger partial charge in [-0.2, -0.15) is 0 Å². The van der Waals surface area contributed by atoms with Crippen LogP contribution in [0.15, 0.2) is 47.4 Å². The molecular weight excluding hydrogens is 490 g/mol. The Morgan fingerprint density at radius 1 is 1.03 bits per heavy atom. The fourth-order valence-electron chi connectivity index (χ4n) is 3.49. The Morgan fingerprint density at radius 3 is 2.21 bits per heavy atom. The van der Waals surface area contributed by atoms with Crippen molar-refractivity contribution in [1.82, 2.24) is 0 Å². The van der Waals surface area contributed by atoms with Crippen LogP contribution in [0.4, 0.5) is 16.4 Å². The zero-order valence-electron chi connectivity index (χ0n) is 19.6. The maximum absolute atomic E-state index is 12.9. The van der Waals surface area contributed by atoms with E-state index in [1.54, 1.807) is 18.2 Å². The van der Waals surface area contributed by atoms with Crippen LogP contribution in [0.1, 0.15) is 38.8 Å². The quantitative estimate of drug-likeness (QED) is 0.276. The maximum Gasteiger partial charge on any atom is 0.340 e. The van der Waals surface area contributed by atoms with Crippen molar-refractivity contribution < 1.29 is 17.9 Å². The lowest BCUT2D eigenvalue weighted by atomic mass is 10.1. The zero-order chi connectivity index (χ0) is 25.0. The maximum atomic E-state index is 12.9. The standard InChI is InChI=1S/C24H27N3O4S3/c1-6-18-13-20(23(28)31-5)22(33-18)26-24(32)25-17-7-9-19(10-8-17)34(29,30)27-21-15(3)11-14(2)12-16(21)4/h7-13,27H,6H2,1-5H3,(H2,25,26,32). The van der Waals surface area contributed by atoms with Crippen LogP contribution >= 0.6 is 23.6 Å². The van der Waals surface area contributed by atoms with Gasteiger partial charge in [0.25, 0.3) is 10.0 Å². The lowest BCUT2D eigenvalue weighted by Crippen LogP contribution is -2.20. The molecule has 0 saturated heterocycles. The first-order valence-corrected chi connectivity index (χ1v) is 13.2.